The lowest BCUT2D eigenvalue weighted by molar-refractivity contribution is 0.229. The van der Waals surface area contributed by atoms with Crippen LogP contribution in [0, 0.1) is 11.8 Å². The minimum Gasteiger partial charge on any atom is -0.312 e. The number of nitrogens with zero attached hydrogens (tertiary/aromatic N) is 1. The number of nitrogens with one attached hydrogen (secondary N) is 1. The van der Waals surface area contributed by atoms with Crippen molar-refractivity contribution in [1.29, 1.82) is 0 Å². The summed E-state index contributed by atoms with van der Waals surface area (Å²) in [4.78, 5) is 2.40. The number of hydrogen-bond donors (Lipinski definition) is 1. The second-order valence-corrected chi connectivity index (χ2v) is 4.26. The first kappa shape index (κ1) is 11.2. The first-order valence-corrected chi connectivity index (χ1v) is 5.84. The van der Waals surface area contributed by atoms with Crippen LogP contribution in [0.2, 0.25) is 0 Å². The number of benzene rings is 1. The Morgan fingerprint density at radius 1 is 1.38 bits per heavy atom. The van der Waals surface area contributed by atoms with Gasteiger partial charge < -0.3 is 5.32 Å². The molecular formula is C14H18N2. The molecule has 1 atom stereocenters. The maximum absolute atomic E-state index is 3.43. The molecule has 1 aromatic carbocycles. The summed E-state index contributed by atoms with van der Waals surface area (Å²) in [5.41, 5.74) is 1.10. The molecule has 1 aromatic rings. The van der Waals surface area contributed by atoms with Crippen molar-refractivity contribution < 1.29 is 0 Å². The van der Waals surface area contributed by atoms with Crippen molar-refractivity contribution in [3.8, 4) is 11.8 Å². The van der Waals surface area contributed by atoms with Gasteiger partial charge in [0.15, 0.2) is 0 Å². The third-order valence-corrected chi connectivity index (χ3v) is 2.76. The normalized spacial score (nSPS) is 21.2. The van der Waals surface area contributed by atoms with Gasteiger partial charge in [0.05, 0.1) is 6.54 Å². The average molecular weight is 214 g/mol. The summed E-state index contributed by atoms with van der Waals surface area (Å²) in [5, 5.41) is 3.43. The molecule has 0 unspecified atom stereocenters. The molecular weight excluding hydrogens is 196 g/mol. The highest BCUT2D eigenvalue weighted by molar-refractivity contribution is 5.33. The van der Waals surface area contributed by atoms with Crippen LogP contribution in [0.25, 0.3) is 0 Å². The number of rotatable bonds is 1. The summed E-state index contributed by atoms with van der Waals surface area (Å²) in [7, 11) is 0. The highest BCUT2D eigenvalue weighted by atomic mass is 15.2. The molecule has 2 nitrogen and oxygen atoms in total. The van der Waals surface area contributed by atoms with Gasteiger partial charge in [-0.2, -0.15) is 0 Å². The van der Waals surface area contributed by atoms with Gasteiger partial charge in [-0.25, -0.2) is 0 Å². The highest BCUT2D eigenvalue weighted by Gasteiger charge is 2.13. The van der Waals surface area contributed by atoms with Crippen molar-refractivity contribution >= 4 is 0 Å². The molecule has 1 heterocycles. The summed E-state index contributed by atoms with van der Waals surface area (Å²) in [6.45, 7) is 6.38. The van der Waals surface area contributed by atoms with Gasteiger partial charge in [-0.1, -0.05) is 30.0 Å². The molecule has 0 bridgehead atoms. The van der Waals surface area contributed by atoms with E-state index in [0.717, 1.165) is 31.7 Å². The monoisotopic (exact) mass is 214 g/mol. The number of hydrogen-bond acceptors (Lipinski definition) is 2. The van der Waals surface area contributed by atoms with Crippen molar-refractivity contribution in [2.75, 3.05) is 26.2 Å². The SMILES string of the molecule is C[C@H]1CN(CC#Cc2ccccc2)CCN1. The molecule has 0 amide bonds. The second kappa shape index (κ2) is 5.69. The standard InChI is InChI=1S/C14H18N2/c1-13-12-16(11-9-15-13)10-5-8-14-6-3-2-4-7-14/h2-4,6-7,13,15H,9-12H2,1H3/t13-/m0/s1. The summed E-state index contributed by atoms with van der Waals surface area (Å²) in [6.07, 6.45) is 0. The molecule has 0 aromatic heterocycles. The third kappa shape index (κ3) is 3.37. The maximum Gasteiger partial charge on any atom is 0.0606 e. The van der Waals surface area contributed by atoms with Crippen LogP contribution in [-0.2, 0) is 0 Å². The summed E-state index contributed by atoms with van der Waals surface area (Å²) in [5.74, 6) is 6.43. The zero-order chi connectivity index (χ0) is 11.2. The molecule has 1 aliphatic rings. The predicted molar refractivity (Wildman–Crippen MR) is 67.2 cm³/mol. The zero-order valence-electron chi connectivity index (χ0n) is 9.74. The van der Waals surface area contributed by atoms with Crippen LogP contribution in [-0.4, -0.2) is 37.1 Å². The minimum atomic E-state index is 0.590. The molecule has 0 spiro atoms. The van der Waals surface area contributed by atoms with Crippen molar-refractivity contribution in [3.05, 3.63) is 35.9 Å². The van der Waals surface area contributed by atoms with Gasteiger partial charge in [-0.15, -0.1) is 0 Å². The van der Waals surface area contributed by atoms with Gasteiger partial charge in [-0.05, 0) is 19.1 Å². The number of piperazine rings is 1. The van der Waals surface area contributed by atoms with Gasteiger partial charge in [0, 0.05) is 31.2 Å². The van der Waals surface area contributed by atoms with Crippen LogP contribution in [0.1, 0.15) is 12.5 Å². The van der Waals surface area contributed by atoms with Crippen LogP contribution in [0.15, 0.2) is 30.3 Å². The van der Waals surface area contributed by atoms with Crippen molar-refractivity contribution in [1.82, 2.24) is 10.2 Å². The molecule has 0 aliphatic carbocycles. The summed E-state index contributed by atoms with van der Waals surface area (Å²) in [6, 6.07) is 10.8. The Labute approximate surface area is 97.7 Å². The van der Waals surface area contributed by atoms with Gasteiger partial charge >= 0.3 is 0 Å². The summed E-state index contributed by atoms with van der Waals surface area (Å²) >= 11 is 0. The van der Waals surface area contributed by atoms with E-state index in [1.807, 2.05) is 30.3 Å². The Hall–Kier alpha value is -1.30. The fourth-order valence-corrected chi connectivity index (χ4v) is 1.93. The molecule has 0 radical (unpaired) electrons. The zero-order valence-corrected chi connectivity index (χ0v) is 9.74. The first-order valence-electron chi connectivity index (χ1n) is 5.84. The van der Waals surface area contributed by atoms with E-state index in [2.05, 4.69) is 29.0 Å². The molecule has 2 rings (SSSR count). The lowest BCUT2D eigenvalue weighted by Crippen LogP contribution is -2.49. The first-order chi connectivity index (χ1) is 7.84. The quantitative estimate of drug-likeness (QED) is 0.710. The van der Waals surface area contributed by atoms with E-state index in [1.54, 1.807) is 0 Å². The fourth-order valence-electron chi connectivity index (χ4n) is 1.93. The molecule has 1 aliphatic heterocycles. The molecule has 2 heteroatoms. The Bertz CT molecular complexity index is 375. The lowest BCUT2D eigenvalue weighted by Gasteiger charge is -2.30. The largest absolute Gasteiger partial charge is 0.312 e. The Balaban J connectivity index is 1.85. The summed E-state index contributed by atoms with van der Waals surface area (Å²) < 4.78 is 0. The molecule has 1 N–H and O–H groups in total. The lowest BCUT2D eigenvalue weighted by atomic mass is 10.2. The van der Waals surface area contributed by atoms with E-state index in [0.29, 0.717) is 6.04 Å². The highest BCUT2D eigenvalue weighted by Crippen LogP contribution is 1.98. The van der Waals surface area contributed by atoms with E-state index < -0.39 is 0 Å². The Kier molecular flexibility index (Phi) is 3.98. The molecule has 16 heavy (non-hydrogen) atoms. The van der Waals surface area contributed by atoms with E-state index in [9.17, 15) is 0 Å². The Morgan fingerprint density at radius 2 is 2.19 bits per heavy atom. The predicted octanol–water partition coefficient (Wildman–Crippen LogP) is 1.33. The van der Waals surface area contributed by atoms with Gasteiger partial charge in [0.2, 0.25) is 0 Å². The maximum atomic E-state index is 3.43. The van der Waals surface area contributed by atoms with Crippen LogP contribution < -0.4 is 5.32 Å². The molecule has 1 fully saturated rings. The molecule has 1 saturated heterocycles. The van der Waals surface area contributed by atoms with Crippen molar-refractivity contribution in [2.24, 2.45) is 0 Å². The van der Waals surface area contributed by atoms with E-state index in [-0.39, 0.29) is 0 Å². The van der Waals surface area contributed by atoms with Gasteiger partial charge in [0.1, 0.15) is 0 Å². The van der Waals surface area contributed by atoms with Crippen molar-refractivity contribution in [3.63, 3.8) is 0 Å². The van der Waals surface area contributed by atoms with Crippen LogP contribution in [0.4, 0.5) is 0 Å². The second-order valence-electron chi connectivity index (χ2n) is 4.26. The Morgan fingerprint density at radius 3 is 2.94 bits per heavy atom. The van der Waals surface area contributed by atoms with E-state index in [4.69, 9.17) is 0 Å². The topological polar surface area (TPSA) is 15.3 Å². The smallest absolute Gasteiger partial charge is 0.0606 e. The fraction of sp³-hybridized carbons (Fsp3) is 0.429. The van der Waals surface area contributed by atoms with E-state index >= 15 is 0 Å². The van der Waals surface area contributed by atoms with Crippen molar-refractivity contribution in [2.45, 2.75) is 13.0 Å². The minimum absolute atomic E-state index is 0.590. The van der Waals surface area contributed by atoms with Crippen LogP contribution in [0.3, 0.4) is 0 Å². The molecule has 84 valence electrons. The third-order valence-electron chi connectivity index (χ3n) is 2.76. The van der Waals surface area contributed by atoms with Crippen LogP contribution in [0.5, 0.6) is 0 Å². The van der Waals surface area contributed by atoms with E-state index in [1.165, 1.54) is 0 Å². The van der Waals surface area contributed by atoms with Gasteiger partial charge in [0.25, 0.3) is 0 Å². The van der Waals surface area contributed by atoms with Gasteiger partial charge in [-0.3, -0.25) is 4.90 Å². The molecule has 0 saturated carbocycles. The van der Waals surface area contributed by atoms with Crippen LogP contribution >= 0.6 is 0 Å². The average Bonchev–Trinajstić information content (AvgIpc) is 2.30.